The standard InChI is InChI=1S/C22H24ClN5O3S/c1-15(29)24-18-4-2-10-27(12-18)20(30)14-32-22-26-25-21(16-6-8-17(23)9-7-16)28(22)13-19-5-3-11-31-19/h3,5-9,11,18H,2,4,10,12-14H2,1H3,(H,24,29). The molecule has 10 heteroatoms. The topological polar surface area (TPSA) is 93.3 Å². The van der Waals surface area contributed by atoms with Gasteiger partial charge < -0.3 is 14.6 Å². The summed E-state index contributed by atoms with van der Waals surface area (Å²) >= 11 is 7.38. The lowest BCUT2D eigenvalue weighted by Crippen LogP contribution is -2.49. The lowest BCUT2D eigenvalue weighted by atomic mass is 10.1. The third-order valence-electron chi connectivity index (χ3n) is 5.22. The van der Waals surface area contributed by atoms with E-state index in [1.807, 2.05) is 33.7 Å². The van der Waals surface area contributed by atoms with Crippen molar-refractivity contribution in [2.45, 2.75) is 37.5 Å². The van der Waals surface area contributed by atoms with Crippen molar-refractivity contribution in [3.63, 3.8) is 0 Å². The monoisotopic (exact) mass is 473 g/mol. The van der Waals surface area contributed by atoms with Crippen molar-refractivity contribution in [3.05, 3.63) is 53.4 Å². The lowest BCUT2D eigenvalue weighted by molar-refractivity contribution is -0.130. The molecule has 0 saturated carbocycles. The zero-order valence-corrected chi connectivity index (χ0v) is 19.2. The molecule has 1 aliphatic heterocycles. The number of nitrogens with zero attached hydrogens (tertiary/aromatic N) is 4. The van der Waals surface area contributed by atoms with Gasteiger partial charge in [0.05, 0.1) is 18.6 Å². The summed E-state index contributed by atoms with van der Waals surface area (Å²) in [4.78, 5) is 26.0. The highest BCUT2D eigenvalue weighted by molar-refractivity contribution is 7.99. The first-order valence-electron chi connectivity index (χ1n) is 10.4. The lowest BCUT2D eigenvalue weighted by Gasteiger charge is -2.33. The Morgan fingerprint density at radius 1 is 1.25 bits per heavy atom. The maximum absolute atomic E-state index is 12.8. The van der Waals surface area contributed by atoms with Crippen LogP contribution >= 0.6 is 23.4 Å². The Morgan fingerprint density at radius 3 is 2.78 bits per heavy atom. The van der Waals surface area contributed by atoms with Crippen molar-refractivity contribution in [2.24, 2.45) is 0 Å². The molecule has 1 saturated heterocycles. The fourth-order valence-corrected chi connectivity index (χ4v) is 4.70. The molecule has 1 aromatic carbocycles. The van der Waals surface area contributed by atoms with Crippen LogP contribution in [0.4, 0.5) is 0 Å². The number of hydrogen-bond donors (Lipinski definition) is 1. The highest BCUT2D eigenvalue weighted by Gasteiger charge is 2.25. The summed E-state index contributed by atoms with van der Waals surface area (Å²) in [6, 6.07) is 11.1. The van der Waals surface area contributed by atoms with Crippen molar-refractivity contribution in [2.75, 3.05) is 18.8 Å². The minimum atomic E-state index is -0.0700. The number of hydrogen-bond acceptors (Lipinski definition) is 6. The summed E-state index contributed by atoms with van der Waals surface area (Å²) in [6.07, 6.45) is 3.38. The highest BCUT2D eigenvalue weighted by Crippen LogP contribution is 2.27. The summed E-state index contributed by atoms with van der Waals surface area (Å²) in [7, 11) is 0. The van der Waals surface area contributed by atoms with Crippen LogP contribution in [0.15, 0.2) is 52.2 Å². The van der Waals surface area contributed by atoms with E-state index >= 15 is 0 Å². The number of aromatic nitrogens is 3. The van der Waals surface area contributed by atoms with E-state index in [1.54, 1.807) is 18.4 Å². The maximum Gasteiger partial charge on any atom is 0.233 e. The summed E-state index contributed by atoms with van der Waals surface area (Å²) in [5.74, 6) is 1.63. The first kappa shape index (κ1) is 22.4. The molecule has 1 aliphatic rings. The van der Waals surface area contributed by atoms with Gasteiger partial charge in [0.1, 0.15) is 5.76 Å². The molecule has 32 heavy (non-hydrogen) atoms. The minimum Gasteiger partial charge on any atom is -0.467 e. The third-order valence-corrected chi connectivity index (χ3v) is 6.42. The van der Waals surface area contributed by atoms with Gasteiger partial charge in [0, 0.05) is 36.6 Å². The van der Waals surface area contributed by atoms with E-state index in [0.717, 1.165) is 24.2 Å². The second kappa shape index (κ2) is 10.2. The summed E-state index contributed by atoms with van der Waals surface area (Å²) in [5.41, 5.74) is 0.876. The van der Waals surface area contributed by atoms with Crippen LogP contribution in [0.1, 0.15) is 25.5 Å². The summed E-state index contributed by atoms with van der Waals surface area (Å²) < 4.78 is 7.46. The van der Waals surface area contributed by atoms with Gasteiger partial charge in [-0.15, -0.1) is 10.2 Å². The molecule has 168 valence electrons. The molecule has 2 amide bonds. The number of carbonyl (C=O) groups excluding carboxylic acids is 2. The van der Waals surface area contributed by atoms with Crippen molar-refractivity contribution in [1.82, 2.24) is 25.0 Å². The number of likely N-dealkylation sites (tertiary alicyclic amines) is 1. The van der Waals surface area contributed by atoms with E-state index in [0.29, 0.717) is 35.6 Å². The van der Waals surface area contributed by atoms with Gasteiger partial charge in [-0.1, -0.05) is 23.4 Å². The van der Waals surface area contributed by atoms with Gasteiger partial charge in [0.25, 0.3) is 0 Å². The molecule has 0 bridgehead atoms. The molecule has 1 fully saturated rings. The van der Waals surface area contributed by atoms with Crippen LogP contribution in [0.5, 0.6) is 0 Å². The number of halogens is 1. The smallest absolute Gasteiger partial charge is 0.233 e. The van der Waals surface area contributed by atoms with Crippen LogP contribution in [-0.2, 0) is 16.1 Å². The Labute approximate surface area is 195 Å². The fraction of sp³-hybridized carbons (Fsp3) is 0.364. The second-order valence-electron chi connectivity index (χ2n) is 7.65. The zero-order chi connectivity index (χ0) is 22.5. The fourth-order valence-electron chi connectivity index (χ4n) is 3.74. The van der Waals surface area contributed by atoms with Crippen LogP contribution in [0.25, 0.3) is 11.4 Å². The molecule has 2 aromatic heterocycles. The van der Waals surface area contributed by atoms with Gasteiger partial charge >= 0.3 is 0 Å². The molecule has 1 atom stereocenters. The molecule has 8 nitrogen and oxygen atoms in total. The molecular formula is C22H24ClN5O3S. The van der Waals surface area contributed by atoms with Crippen LogP contribution in [0.3, 0.4) is 0 Å². The molecule has 0 aliphatic carbocycles. The van der Waals surface area contributed by atoms with Gasteiger partial charge in [0.15, 0.2) is 11.0 Å². The molecular weight excluding hydrogens is 450 g/mol. The number of piperidine rings is 1. The van der Waals surface area contributed by atoms with Gasteiger partial charge in [-0.05, 0) is 49.2 Å². The molecule has 3 aromatic rings. The normalized spacial score (nSPS) is 16.2. The van der Waals surface area contributed by atoms with Crippen molar-refractivity contribution in [1.29, 1.82) is 0 Å². The number of thioether (sulfide) groups is 1. The Hall–Kier alpha value is -2.78. The van der Waals surface area contributed by atoms with E-state index in [1.165, 1.54) is 18.7 Å². The SMILES string of the molecule is CC(=O)NC1CCCN(C(=O)CSc2nnc(-c3ccc(Cl)cc3)n2Cc2ccco2)C1. The van der Waals surface area contributed by atoms with E-state index in [9.17, 15) is 9.59 Å². The Morgan fingerprint density at radius 2 is 2.06 bits per heavy atom. The minimum absolute atomic E-state index is 0.00862. The van der Waals surface area contributed by atoms with Crippen LogP contribution in [-0.4, -0.2) is 56.4 Å². The highest BCUT2D eigenvalue weighted by atomic mass is 35.5. The molecule has 4 rings (SSSR count). The van der Waals surface area contributed by atoms with Crippen LogP contribution in [0, 0.1) is 0 Å². The third kappa shape index (κ3) is 5.52. The number of rotatable bonds is 7. The first-order valence-corrected chi connectivity index (χ1v) is 11.7. The van der Waals surface area contributed by atoms with E-state index in [4.69, 9.17) is 16.0 Å². The number of benzene rings is 1. The Bertz CT molecular complexity index is 1070. The Kier molecular flexibility index (Phi) is 7.16. The average molecular weight is 474 g/mol. The Balaban J connectivity index is 1.48. The van der Waals surface area contributed by atoms with Crippen molar-refractivity contribution >= 4 is 35.2 Å². The van der Waals surface area contributed by atoms with Gasteiger partial charge in [-0.25, -0.2) is 0 Å². The molecule has 0 spiro atoms. The van der Waals surface area contributed by atoms with Crippen LogP contribution < -0.4 is 5.32 Å². The largest absolute Gasteiger partial charge is 0.467 e. The predicted molar refractivity (Wildman–Crippen MR) is 122 cm³/mol. The average Bonchev–Trinajstić information content (AvgIpc) is 3.43. The van der Waals surface area contributed by atoms with Crippen molar-refractivity contribution < 1.29 is 14.0 Å². The van der Waals surface area contributed by atoms with E-state index in [-0.39, 0.29) is 23.6 Å². The van der Waals surface area contributed by atoms with Crippen LogP contribution in [0.2, 0.25) is 5.02 Å². The quantitative estimate of drug-likeness (QED) is 0.528. The number of nitrogens with one attached hydrogen (secondary N) is 1. The number of amides is 2. The van der Waals surface area contributed by atoms with E-state index in [2.05, 4.69) is 15.5 Å². The second-order valence-corrected chi connectivity index (χ2v) is 9.03. The maximum atomic E-state index is 12.8. The first-order chi connectivity index (χ1) is 15.5. The molecule has 3 heterocycles. The van der Waals surface area contributed by atoms with Crippen molar-refractivity contribution in [3.8, 4) is 11.4 Å². The number of carbonyl (C=O) groups is 2. The molecule has 1 unspecified atom stereocenters. The zero-order valence-electron chi connectivity index (χ0n) is 17.7. The van der Waals surface area contributed by atoms with Gasteiger partial charge in [-0.2, -0.15) is 0 Å². The molecule has 1 N–H and O–H groups in total. The number of furan rings is 1. The van der Waals surface area contributed by atoms with Gasteiger partial charge in [-0.3, -0.25) is 14.2 Å². The summed E-state index contributed by atoms with van der Waals surface area (Å²) in [5, 5.41) is 12.9. The molecule has 0 radical (unpaired) electrons. The summed E-state index contributed by atoms with van der Waals surface area (Å²) in [6.45, 7) is 3.18. The predicted octanol–water partition coefficient (Wildman–Crippen LogP) is 3.46. The van der Waals surface area contributed by atoms with E-state index < -0.39 is 0 Å². The van der Waals surface area contributed by atoms with Gasteiger partial charge in [0.2, 0.25) is 11.8 Å².